The molecule has 0 fully saturated rings. The van der Waals surface area contributed by atoms with Crippen molar-refractivity contribution in [2.45, 2.75) is 12.6 Å². The number of aromatic nitrogens is 3. The van der Waals surface area contributed by atoms with E-state index >= 15 is 0 Å². The summed E-state index contributed by atoms with van der Waals surface area (Å²) in [7, 11) is 1.67. The second kappa shape index (κ2) is 7.14. The maximum Gasteiger partial charge on any atom is 0.260 e. The number of hydrogen-bond acceptors (Lipinski definition) is 5. The highest BCUT2D eigenvalue weighted by molar-refractivity contribution is 6.36. The van der Waals surface area contributed by atoms with E-state index < -0.39 is 5.91 Å². The van der Waals surface area contributed by atoms with Crippen molar-refractivity contribution in [3.05, 3.63) is 77.4 Å². The molecule has 2 aliphatic rings. The average molecular weight is 439 g/mol. The Morgan fingerprint density at radius 1 is 1.18 bits per heavy atom. The van der Waals surface area contributed by atoms with Gasteiger partial charge >= 0.3 is 0 Å². The smallest absolute Gasteiger partial charge is 0.260 e. The molecule has 1 aromatic carbocycles. The van der Waals surface area contributed by atoms with Crippen LogP contribution in [0.5, 0.6) is 0 Å². The second-order valence-electron chi connectivity index (χ2n) is 8.20. The van der Waals surface area contributed by atoms with E-state index in [1.165, 1.54) is 0 Å². The minimum Gasteiger partial charge on any atom is -0.384 e. The Morgan fingerprint density at radius 3 is 2.91 bits per heavy atom. The lowest BCUT2D eigenvalue weighted by molar-refractivity contribution is -0.123. The molecule has 33 heavy (non-hydrogen) atoms. The SMILES string of the molecule is CN=C(N)c1cc2c3c(ccn3C(C3=C(c4cnc5ccccn45)C(=O)NC3=O)CNC2)c1. The van der Waals surface area contributed by atoms with Gasteiger partial charge in [0.05, 0.1) is 34.6 Å². The van der Waals surface area contributed by atoms with E-state index in [9.17, 15) is 9.59 Å². The van der Waals surface area contributed by atoms with Gasteiger partial charge in [0.1, 0.15) is 11.5 Å². The van der Waals surface area contributed by atoms with Crippen molar-refractivity contribution in [2.24, 2.45) is 10.7 Å². The van der Waals surface area contributed by atoms with E-state index in [-0.39, 0.29) is 11.9 Å². The first-order chi connectivity index (χ1) is 16.1. The van der Waals surface area contributed by atoms with E-state index in [1.807, 2.05) is 53.2 Å². The van der Waals surface area contributed by atoms with Crippen LogP contribution in [0, 0.1) is 0 Å². The molecule has 9 heteroatoms. The van der Waals surface area contributed by atoms with Crippen LogP contribution in [-0.4, -0.2) is 45.2 Å². The van der Waals surface area contributed by atoms with Gasteiger partial charge in [-0.25, -0.2) is 4.98 Å². The molecule has 1 unspecified atom stereocenters. The summed E-state index contributed by atoms with van der Waals surface area (Å²) in [6.07, 6.45) is 5.45. The first-order valence-corrected chi connectivity index (χ1v) is 10.7. The number of nitrogens with two attached hydrogens (primary N) is 1. The zero-order valence-corrected chi connectivity index (χ0v) is 17.9. The number of carbonyl (C=O) groups is 2. The van der Waals surface area contributed by atoms with Crippen LogP contribution in [0.1, 0.15) is 22.9 Å². The van der Waals surface area contributed by atoms with Gasteiger partial charge in [0.15, 0.2) is 0 Å². The molecule has 0 radical (unpaired) electrons. The molecule has 0 saturated carbocycles. The molecular formula is C24H21N7O2. The Balaban J connectivity index is 1.58. The number of nitrogens with zero attached hydrogens (tertiary/aromatic N) is 4. The van der Waals surface area contributed by atoms with Crippen LogP contribution in [-0.2, 0) is 16.1 Å². The number of hydrogen-bond donors (Lipinski definition) is 3. The van der Waals surface area contributed by atoms with Gasteiger partial charge in [0.25, 0.3) is 11.8 Å². The lowest BCUT2D eigenvalue weighted by Crippen LogP contribution is -2.29. The molecule has 1 atom stereocenters. The monoisotopic (exact) mass is 439 g/mol. The van der Waals surface area contributed by atoms with E-state index in [0.717, 1.165) is 22.0 Å². The molecule has 3 aromatic heterocycles. The van der Waals surface area contributed by atoms with Gasteiger partial charge < -0.3 is 15.6 Å². The molecule has 2 aliphatic heterocycles. The fraction of sp³-hybridized carbons (Fsp3) is 0.167. The number of imidazole rings is 1. The summed E-state index contributed by atoms with van der Waals surface area (Å²) in [5.74, 6) is -0.312. The molecule has 2 amide bonds. The zero-order chi connectivity index (χ0) is 22.7. The number of benzene rings is 1. The lowest BCUT2D eigenvalue weighted by atomic mass is 9.99. The summed E-state index contributed by atoms with van der Waals surface area (Å²) >= 11 is 0. The third kappa shape index (κ3) is 2.82. The Hall–Kier alpha value is -4.24. The lowest BCUT2D eigenvalue weighted by Gasteiger charge is -2.20. The van der Waals surface area contributed by atoms with Gasteiger partial charge in [-0.1, -0.05) is 6.07 Å². The maximum atomic E-state index is 13.1. The highest BCUT2D eigenvalue weighted by atomic mass is 16.2. The van der Waals surface area contributed by atoms with Gasteiger partial charge in [0, 0.05) is 43.5 Å². The molecule has 0 aliphatic carbocycles. The molecular weight excluding hydrogens is 418 g/mol. The predicted octanol–water partition coefficient (Wildman–Crippen LogP) is 1.38. The normalized spacial score (nSPS) is 18.9. The van der Waals surface area contributed by atoms with E-state index in [0.29, 0.717) is 41.4 Å². The fourth-order valence-corrected chi connectivity index (χ4v) is 4.91. The summed E-state index contributed by atoms with van der Waals surface area (Å²) in [5, 5.41) is 6.95. The Labute approximate surface area is 188 Å². The van der Waals surface area contributed by atoms with Gasteiger partial charge in [-0.3, -0.25) is 24.3 Å². The van der Waals surface area contributed by atoms with Crippen LogP contribution in [0.3, 0.4) is 0 Å². The third-order valence-electron chi connectivity index (χ3n) is 6.39. The molecule has 5 heterocycles. The molecule has 0 bridgehead atoms. The average Bonchev–Trinajstić information content (AvgIpc) is 3.47. The number of aliphatic imine (C=N–C) groups is 1. The molecule has 164 valence electrons. The first-order valence-electron chi connectivity index (χ1n) is 10.7. The maximum absolute atomic E-state index is 13.1. The fourth-order valence-electron chi connectivity index (χ4n) is 4.91. The van der Waals surface area contributed by atoms with Crippen molar-refractivity contribution in [1.29, 1.82) is 0 Å². The number of amides is 2. The number of amidine groups is 1. The van der Waals surface area contributed by atoms with Crippen molar-refractivity contribution >= 4 is 39.8 Å². The highest BCUT2D eigenvalue weighted by Crippen LogP contribution is 2.36. The van der Waals surface area contributed by atoms with Crippen molar-refractivity contribution in [2.75, 3.05) is 13.6 Å². The number of fused-ring (bicyclic) bond motifs is 1. The standard InChI is InChI=1S/C24H21N7O2/c1-26-22(25)14-8-13-5-7-31-16(11-27-10-15(9-14)21(13)31)19-20(24(33)29-23(19)32)17-12-28-18-4-2-3-6-30(17)18/h2-9,12,16,27H,10-11H2,1H3,(H2,25,26)(H,29,32,33). The van der Waals surface area contributed by atoms with Crippen LogP contribution in [0.2, 0.25) is 0 Å². The summed E-state index contributed by atoms with van der Waals surface area (Å²) in [6.45, 7) is 1.09. The molecule has 4 aromatic rings. The topological polar surface area (TPSA) is 119 Å². The number of rotatable bonds is 3. The van der Waals surface area contributed by atoms with Crippen LogP contribution >= 0.6 is 0 Å². The Bertz CT molecular complexity index is 1540. The molecule has 4 N–H and O–H groups in total. The largest absolute Gasteiger partial charge is 0.384 e. The van der Waals surface area contributed by atoms with Gasteiger partial charge in [0.2, 0.25) is 0 Å². The zero-order valence-electron chi connectivity index (χ0n) is 17.9. The quantitative estimate of drug-likeness (QED) is 0.253. The second-order valence-corrected chi connectivity index (χ2v) is 8.20. The number of imide groups is 1. The summed E-state index contributed by atoms with van der Waals surface area (Å²) in [4.78, 5) is 34.6. The van der Waals surface area contributed by atoms with Crippen LogP contribution in [0.15, 0.2) is 65.6 Å². The van der Waals surface area contributed by atoms with Gasteiger partial charge in [-0.15, -0.1) is 0 Å². The number of carbonyl (C=O) groups excluding carboxylic acids is 2. The summed E-state index contributed by atoms with van der Waals surface area (Å²) < 4.78 is 3.90. The summed E-state index contributed by atoms with van der Waals surface area (Å²) in [6, 6.07) is 11.3. The third-order valence-corrected chi connectivity index (χ3v) is 6.39. The number of pyridine rings is 1. The van der Waals surface area contributed by atoms with E-state index in [1.54, 1.807) is 13.2 Å². The minimum absolute atomic E-state index is 0.356. The minimum atomic E-state index is -0.407. The molecule has 6 rings (SSSR count). The summed E-state index contributed by atoms with van der Waals surface area (Å²) in [5.41, 5.74) is 11.1. The van der Waals surface area contributed by atoms with Gasteiger partial charge in [-0.05, 0) is 35.9 Å². The van der Waals surface area contributed by atoms with Crippen LogP contribution in [0.4, 0.5) is 0 Å². The molecule has 0 saturated heterocycles. The Morgan fingerprint density at radius 2 is 2.06 bits per heavy atom. The first kappa shape index (κ1) is 19.4. The van der Waals surface area contributed by atoms with Crippen molar-refractivity contribution in [1.82, 2.24) is 24.6 Å². The molecule has 0 spiro atoms. The van der Waals surface area contributed by atoms with Crippen molar-refractivity contribution in [3.63, 3.8) is 0 Å². The van der Waals surface area contributed by atoms with Crippen LogP contribution in [0.25, 0.3) is 22.1 Å². The predicted molar refractivity (Wildman–Crippen MR) is 125 cm³/mol. The highest BCUT2D eigenvalue weighted by Gasteiger charge is 2.39. The Kier molecular flexibility index (Phi) is 4.21. The van der Waals surface area contributed by atoms with Crippen LogP contribution < -0.4 is 16.4 Å². The van der Waals surface area contributed by atoms with Crippen molar-refractivity contribution < 1.29 is 9.59 Å². The molecule has 9 nitrogen and oxygen atoms in total. The number of nitrogens with one attached hydrogen (secondary N) is 2. The van der Waals surface area contributed by atoms with E-state index in [2.05, 4.69) is 25.2 Å². The van der Waals surface area contributed by atoms with E-state index in [4.69, 9.17) is 5.73 Å². The van der Waals surface area contributed by atoms with Gasteiger partial charge in [-0.2, -0.15) is 0 Å². The van der Waals surface area contributed by atoms with Crippen molar-refractivity contribution in [3.8, 4) is 0 Å².